The van der Waals surface area contributed by atoms with E-state index in [9.17, 15) is 4.79 Å². The lowest BCUT2D eigenvalue weighted by atomic mass is 10.1. The number of ether oxygens (including phenoxy) is 1. The highest BCUT2D eigenvalue weighted by molar-refractivity contribution is 5.67. The smallest absolute Gasteiger partial charge is 0.305 e. The van der Waals surface area contributed by atoms with Crippen molar-refractivity contribution in [3.05, 3.63) is 60.8 Å². The Morgan fingerprint density at radius 2 is 2.28 bits per heavy atom. The van der Waals surface area contributed by atoms with Crippen LogP contribution in [0.3, 0.4) is 0 Å². The van der Waals surface area contributed by atoms with Gasteiger partial charge in [0.05, 0.1) is 0 Å². The van der Waals surface area contributed by atoms with Gasteiger partial charge in [0.25, 0.3) is 0 Å². The lowest BCUT2D eigenvalue weighted by molar-refractivity contribution is -0.150. The zero-order chi connectivity index (χ0) is 13.0. The predicted molar refractivity (Wildman–Crippen MR) is 69.8 cm³/mol. The van der Waals surface area contributed by atoms with Gasteiger partial charge in [0.1, 0.15) is 0 Å². The number of fused-ring (bicyclic) bond motifs is 1. The molecule has 4 heteroatoms. The molecule has 0 saturated carbocycles. The SMILES string of the molecule is C/C=C\NC1(OC(C)=O)C=CN2C=CC=CC2=C1. The monoisotopic (exact) mass is 244 g/mol. The molecule has 18 heavy (non-hydrogen) atoms. The standard InChI is InChI=1S/C14H16N2O2/c1-3-8-15-14(18-12(2)17)7-10-16-9-5-4-6-13(16)11-14/h3-11,15H,1-2H3/b8-3-. The average molecular weight is 244 g/mol. The van der Waals surface area contributed by atoms with E-state index in [1.165, 1.54) is 6.92 Å². The van der Waals surface area contributed by atoms with Crippen molar-refractivity contribution >= 4 is 5.97 Å². The molecule has 0 aromatic heterocycles. The molecule has 0 radical (unpaired) electrons. The second kappa shape index (κ2) is 4.96. The molecule has 4 nitrogen and oxygen atoms in total. The largest absolute Gasteiger partial charge is 0.432 e. The Morgan fingerprint density at radius 3 is 3.00 bits per heavy atom. The summed E-state index contributed by atoms with van der Waals surface area (Å²) >= 11 is 0. The molecule has 0 aliphatic carbocycles. The van der Waals surface area contributed by atoms with Gasteiger partial charge in [-0.3, -0.25) is 4.79 Å². The molecule has 0 aromatic rings. The first-order chi connectivity index (χ1) is 8.65. The number of esters is 1. The van der Waals surface area contributed by atoms with Gasteiger partial charge < -0.3 is 15.0 Å². The van der Waals surface area contributed by atoms with Gasteiger partial charge in [-0.2, -0.15) is 0 Å². The molecular formula is C14H16N2O2. The summed E-state index contributed by atoms with van der Waals surface area (Å²) in [6.45, 7) is 3.29. The fraction of sp³-hybridized carbons (Fsp3) is 0.214. The van der Waals surface area contributed by atoms with Crippen LogP contribution in [0.25, 0.3) is 0 Å². The van der Waals surface area contributed by atoms with Gasteiger partial charge in [-0.1, -0.05) is 12.2 Å². The molecule has 1 N–H and O–H groups in total. The number of carbonyl (C=O) groups excluding carboxylic acids is 1. The predicted octanol–water partition coefficient (Wildman–Crippen LogP) is 2.17. The molecular weight excluding hydrogens is 228 g/mol. The molecule has 0 bridgehead atoms. The number of nitrogens with zero attached hydrogens (tertiary/aromatic N) is 1. The van der Waals surface area contributed by atoms with Crippen LogP contribution in [0.15, 0.2) is 60.8 Å². The van der Waals surface area contributed by atoms with Gasteiger partial charge in [-0.15, -0.1) is 0 Å². The van der Waals surface area contributed by atoms with Crippen LogP contribution in [0.2, 0.25) is 0 Å². The van der Waals surface area contributed by atoms with E-state index in [2.05, 4.69) is 5.32 Å². The zero-order valence-electron chi connectivity index (χ0n) is 10.5. The summed E-state index contributed by atoms with van der Waals surface area (Å²) in [5.74, 6) is -0.336. The maximum Gasteiger partial charge on any atom is 0.305 e. The Hall–Kier alpha value is -2.23. The van der Waals surface area contributed by atoms with Gasteiger partial charge in [0.15, 0.2) is 0 Å². The third-order valence-electron chi connectivity index (χ3n) is 2.56. The minimum Gasteiger partial charge on any atom is -0.432 e. The van der Waals surface area contributed by atoms with Crippen molar-refractivity contribution in [2.24, 2.45) is 0 Å². The molecule has 2 rings (SSSR count). The van der Waals surface area contributed by atoms with Crippen LogP contribution in [0.4, 0.5) is 0 Å². The Balaban J connectivity index is 2.30. The van der Waals surface area contributed by atoms with Crippen LogP contribution >= 0.6 is 0 Å². The zero-order valence-corrected chi connectivity index (χ0v) is 10.5. The molecule has 2 aliphatic heterocycles. The molecule has 0 saturated heterocycles. The highest BCUT2D eigenvalue weighted by Gasteiger charge is 2.31. The van der Waals surface area contributed by atoms with Crippen LogP contribution < -0.4 is 5.32 Å². The normalized spacial score (nSPS) is 25.0. The van der Waals surface area contributed by atoms with E-state index in [-0.39, 0.29) is 5.97 Å². The molecule has 0 fully saturated rings. The van der Waals surface area contributed by atoms with E-state index < -0.39 is 5.72 Å². The summed E-state index contributed by atoms with van der Waals surface area (Å²) in [5.41, 5.74) is 0.0397. The fourth-order valence-electron chi connectivity index (χ4n) is 1.82. The van der Waals surface area contributed by atoms with Crippen LogP contribution in [0, 0.1) is 0 Å². The minimum absolute atomic E-state index is 0.336. The van der Waals surface area contributed by atoms with E-state index in [0.29, 0.717) is 0 Å². The van der Waals surface area contributed by atoms with Crippen molar-refractivity contribution in [3.63, 3.8) is 0 Å². The molecule has 0 amide bonds. The maximum atomic E-state index is 11.2. The van der Waals surface area contributed by atoms with Crippen molar-refractivity contribution < 1.29 is 9.53 Å². The first-order valence-corrected chi connectivity index (χ1v) is 5.79. The van der Waals surface area contributed by atoms with Gasteiger partial charge in [0.2, 0.25) is 5.72 Å². The van der Waals surface area contributed by atoms with E-state index in [1.807, 2.05) is 54.6 Å². The summed E-state index contributed by atoms with van der Waals surface area (Å²) in [6, 6.07) is 0. The Kier molecular flexibility index (Phi) is 3.37. The lowest BCUT2D eigenvalue weighted by Crippen LogP contribution is -2.45. The van der Waals surface area contributed by atoms with E-state index in [0.717, 1.165) is 5.70 Å². The van der Waals surface area contributed by atoms with Crippen LogP contribution in [-0.2, 0) is 9.53 Å². The highest BCUT2D eigenvalue weighted by Crippen LogP contribution is 2.25. The summed E-state index contributed by atoms with van der Waals surface area (Å²) in [7, 11) is 0. The Bertz CT molecular complexity index is 486. The number of allylic oxidation sites excluding steroid dienone is 4. The van der Waals surface area contributed by atoms with Crippen LogP contribution in [0.1, 0.15) is 13.8 Å². The molecule has 94 valence electrons. The van der Waals surface area contributed by atoms with Crippen molar-refractivity contribution in [2.45, 2.75) is 19.6 Å². The van der Waals surface area contributed by atoms with Crippen molar-refractivity contribution in [3.8, 4) is 0 Å². The second-order valence-electron chi connectivity index (χ2n) is 4.02. The van der Waals surface area contributed by atoms with Crippen molar-refractivity contribution in [1.29, 1.82) is 0 Å². The Morgan fingerprint density at radius 1 is 1.44 bits per heavy atom. The number of nitrogens with one attached hydrogen (secondary N) is 1. The maximum absolute atomic E-state index is 11.2. The third kappa shape index (κ3) is 2.53. The molecule has 0 aromatic carbocycles. The number of rotatable bonds is 3. The summed E-state index contributed by atoms with van der Waals surface area (Å²) in [6.07, 6.45) is 16.9. The quantitative estimate of drug-likeness (QED) is 0.610. The van der Waals surface area contributed by atoms with Crippen molar-refractivity contribution in [2.75, 3.05) is 0 Å². The van der Waals surface area contributed by atoms with E-state index >= 15 is 0 Å². The topological polar surface area (TPSA) is 41.6 Å². The van der Waals surface area contributed by atoms with Crippen LogP contribution in [0.5, 0.6) is 0 Å². The Labute approximate surface area is 107 Å². The van der Waals surface area contributed by atoms with Gasteiger partial charge in [-0.05, 0) is 25.3 Å². The first-order valence-electron chi connectivity index (χ1n) is 5.79. The number of hydrogen-bond donors (Lipinski definition) is 1. The average Bonchev–Trinajstić information content (AvgIpc) is 2.35. The molecule has 2 heterocycles. The highest BCUT2D eigenvalue weighted by atomic mass is 16.6. The number of carbonyl (C=O) groups is 1. The summed E-state index contributed by atoms with van der Waals surface area (Å²) in [4.78, 5) is 13.2. The fourth-order valence-corrected chi connectivity index (χ4v) is 1.82. The van der Waals surface area contributed by atoms with E-state index in [1.54, 1.807) is 12.3 Å². The molecule has 1 unspecified atom stereocenters. The molecule has 1 atom stereocenters. The third-order valence-corrected chi connectivity index (χ3v) is 2.56. The summed E-state index contributed by atoms with van der Waals surface area (Å²) < 4.78 is 5.38. The lowest BCUT2D eigenvalue weighted by Gasteiger charge is -2.34. The van der Waals surface area contributed by atoms with E-state index in [4.69, 9.17) is 4.74 Å². The first kappa shape index (κ1) is 12.2. The van der Waals surface area contributed by atoms with Crippen molar-refractivity contribution in [1.82, 2.24) is 10.2 Å². The number of hydrogen-bond acceptors (Lipinski definition) is 4. The molecule has 0 spiro atoms. The molecule has 2 aliphatic rings. The van der Waals surface area contributed by atoms with Gasteiger partial charge >= 0.3 is 5.97 Å². The van der Waals surface area contributed by atoms with Gasteiger partial charge in [0, 0.05) is 37.2 Å². The minimum atomic E-state index is -0.917. The van der Waals surface area contributed by atoms with Gasteiger partial charge in [-0.25, -0.2) is 0 Å². The summed E-state index contributed by atoms with van der Waals surface area (Å²) in [5, 5.41) is 3.08. The second-order valence-corrected chi connectivity index (χ2v) is 4.02. The van der Waals surface area contributed by atoms with Crippen LogP contribution in [-0.4, -0.2) is 16.6 Å².